The van der Waals surface area contributed by atoms with Crippen molar-refractivity contribution in [3.63, 3.8) is 0 Å². The molecular weight excluding hydrogens is 278 g/mol. The normalized spacial score (nSPS) is 19.5. The Morgan fingerprint density at radius 1 is 1.32 bits per heavy atom. The highest BCUT2D eigenvalue weighted by Gasteiger charge is 2.32. The van der Waals surface area contributed by atoms with Gasteiger partial charge in [-0.3, -0.25) is 4.99 Å². The van der Waals surface area contributed by atoms with Crippen LogP contribution in [0.5, 0.6) is 0 Å². The first kappa shape index (κ1) is 16.8. The van der Waals surface area contributed by atoms with Crippen LogP contribution in [-0.4, -0.2) is 45.5 Å². The van der Waals surface area contributed by atoms with Gasteiger partial charge in [0.25, 0.3) is 0 Å². The van der Waals surface area contributed by atoms with Crippen LogP contribution in [0.1, 0.15) is 31.4 Å². The van der Waals surface area contributed by atoms with Crippen molar-refractivity contribution in [1.29, 1.82) is 0 Å². The van der Waals surface area contributed by atoms with Crippen LogP contribution in [0.3, 0.4) is 0 Å². The molecule has 1 unspecified atom stereocenters. The van der Waals surface area contributed by atoms with Crippen LogP contribution in [0.4, 0.5) is 0 Å². The maximum Gasteiger partial charge on any atom is 0.191 e. The third-order valence-corrected chi connectivity index (χ3v) is 4.29. The molecule has 2 N–H and O–H groups in total. The van der Waals surface area contributed by atoms with Crippen LogP contribution < -0.4 is 10.6 Å². The number of hydrogen-bond acceptors (Lipinski definition) is 3. The number of benzene rings is 1. The van der Waals surface area contributed by atoms with Crippen LogP contribution >= 0.6 is 0 Å². The standard InChI is InChI=1S/C17H27N3O2/c1-14(15-7-5-4-6-8-15)20-16(18-2)19-13-17(21-3)9-11-22-12-10-17/h4-8,14H,9-13H2,1-3H3,(H2,18,19,20). The molecule has 0 spiro atoms. The highest BCUT2D eigenvalue weighted by Crippen LogP contribution is 2.23. The molecule has 1 aliphatic heterocycles. The van der Waals surface area contributed by atoms with Gasteiger partial charge in [-0.1, -0.05) is 30.3 Å². The van der Waals surface area contributed by atoms with Gasteiger partial charge in [0.1, 0.15) is 0 Å². The Kier molecular flexibility index (Phi) is 6.21. The zero-order valence-corrected chi connectivity index (χ0v) is 13.8. The van der Waals surface area contributed by atoms with Gasteiger partial charge in [0, 0.05) is 46.8 Å². The summed E-state index contributed by atoms with van der Waals surface area (Å²) in [5.74, 6) is 0.791. The Morgan fingerprint density at radius 3 is 2.59 bits per heavy atom. The van der Waals surface area contributed by atoms with Gasteiger partial charge in [0.2, 0.25) is 0 Å². The second kappa shape index (κ2) is 8.15. The van der Waals surface area contributed by atoms with Crippen molar-refractivity contribution < 1.29 is 9.47 Å². The van der Waals surface area contributed by atoms with Crippen LogP contribution in [-0.2, 0) is 9.47 Å². The minimum atomic E-state index is -0.161. The molecule has 1 heterocycles. The Hall–Kier alpha value is -1.59. The second-order valence-electron chi connectivity index (χ2n) is 5.70. The van der Waals surface area contributed by atoms with E-state index in [9.17, 15) is 0 Å². The minimum absolute atomic E-state index is 0.161. The Labute approximate surface area is 133 Å². The molecule has 0 saturated carbocycles. The van der Waals surface area contributed by atoms with Gasteiger partial charge in [-0.05, 0) is 12.5 Å². The van der Waals surface area contributed by atoms with E-state index in [1.165, 1.54) is 5.56 Å². The van der Waals surface area contributed by atoms with Crippen LogP contribution in [0.2, 0.25) is 0 Å². The lowest BCUT2D eigenvalue weighted by Crippen LogP contribution is -2.51. The summed E-state index contributed by atoms with van der Waals surface area (Å²) in [6.07, 6.45) is 1.81. The molecular formula is C17H27N3O2. The van der Waals surface area contributed by atoms with E-state index in [2.05, 4.69) is 34.7 Å². The molecule has 1 fully saturated rings. The molecule has 1 aliphatic rings. The number of ether oxygens (including phenoxy) is 2. The summed E-state index contributed by atoms with van der Waals surface area (Å²) in [7, 11) is 3.56. The average molecular weight is 305 g/mol. The summed E-state index contributed by atoms with van der Waals surface area (Å²) in [5.41, 5.74) is 1.07. The largest absolute Gasteiger partial charge is 0.381 e. The van der Waals surface area contributed by atoms with Crippen LogP contribution in [0, 0.1) is 0 Å². The van der Waals surface area contributed by atoms with Gasteiger partial charge in [0.15, 0.2) is 5.96 Å². The fraction of sp³-hybridized carbons (Fsp3) is 0.588. The third-order valence-electron chi connectivity index (χ3n) is 4.29. The number of hydrogen-bond donors (Lipinski definition) is 2. The summed E-state index contributed by atoms with van der Waals surface area (Å²) < 4.78 is 11.2. The number of rotatable bonds is 5. The van der Waals surface area contributed by atoms with Crippen molar-refractivity contribution >= 4 is 5.96 Å². The lowest BCUT2D eigenvalue weighted by atomic mass is 9.94. The molecule has 1 aromatic carbocycles. The second-order valence-corrected chi connectivity index (χ2v) is 5.70. The van der Waals surface area contributed by atoms with E-state index in [0.717, 1.165) is 38.6 Å². The van der Waals surface area contributed by atoms with Gasteiger partial charge < -0.3 is 20.1 Å². The number of methoxy groups -OCH3 is 1. The molecule has 0 amide bonds. The number of guanidine groups is 1. The summed E-state index contributed by atoms with van der Waals surface area (Å²) in [6.45, 7) is 4.36. The van der Waals surface area contributed by atoms with Crippen LogP contribution in [0.25, 0.3) is 0 Å². The summed E-state index contributed by atoms with van der Waals surface area (Å²) in [4.78, 5) is 4.31. The van der Waals surface area contributed by atoms with Crippen LogP contribution in [0.15, 0.2) is 35.3 Å². The molecule has 0 bridgehead atoms. The third kappa shape index (κ3) is 4.45. The summed E-state index contributed by atoms with van der Waals surface area (Å²) >= 11 is 0. The Balaban J connectivity index is 1.89. The molecule has 22 heavy (non-hydrogen) atoms. The maximum atomic E-state index is 5.74. The predicted molar refractivity (Wildman–Crippen MR) is 89.1 cm³/mol. The van der Waals surface area contributed by atoms with E-state index in [4.69, 9.17) is 9.47 Å². The van der Waals surface area contributed by atoms with E-state index in [1.54, 1.807) is 14.2 Å². The van der Waals surface area contributed by atoms with Crippen molar-refractivity contribution in [2.45, 2.75) is 31.4 Å². The molecule has 1 aromatic rings. The lowest BCUT2D eigenvalue weighted by Gasteiger charge is -2.36. The quantitative estimate of drug-likeness (QED) is 0.646. The Bertz CT molecular complexity index is 470. The molecule has 0 radical (unpaired) electrons. The number of nitrogens with one attached hydrogen (secondary N) is 2. The molecule has 5 heteroatoms. The van der Waals surface area contributed by atoms with E-state index in [1.807, 2.05) is 18.2 Å². The minimum Gasteiger partial charge on any atom is -0.381 e. The highest BCUT2D eigenvalue weighted by atomic mass is 16.5. The number of aliphatic imine (C=N–C) groups is 1. The van der Waals surface area contributed by atoms with Crippen molar-refractivity contribution in [3.8, 4) is 0 Å². The molecule has 2 rings (SSSR count). The van der Waals surface area contributed by atoms with Crippen molar-refractivity contribution in [3.05, 3.63) is 35.9 Å². The smallest absolute Gasteiger partial charge is 0.191 e. The number of nitrogens with zero attached hydrogens (tertiary/aromatic N) is 1. The van der Waals surface area contributed by atoms with E-state index < -0.39 is 0 Å². The molecule has 5 nitrogen and oxygen atoms in total. The Morgan fingerprint density at radius 2 is 2.00 bits per heavy atom. The fourth-order valence-electron chi connectivity index (χ4n) is 2.67. The van der Waals surface area contributed by atoms with E-state index in [0.29, 0.717) is 0 Å². The summed E-state index contributed by atoms with van der Waals surface area (Å²) in [5, 5.41) is 6.81. The SMILES string of the molecule is CN=C(NCC1(OC)CCOCC1)NC(C)c1ccccc1. The lowest BCUT2D eigenvalue weighted by molar-refractivity contribution is -0.0855. The molecule has 1 atom stereocenters. The van der Waals surface area contributed by atoms with Gasteiger partial charge in [-0.15, -0.1) is 0 Å². The van der Waals surface area contributed by atoms with Crippen molar-refractivity contribution in [2.24, 2.45) is 4.99 Å². The molecule has 0 aromatic heterocycles. The topological polar surface area (TPSA) is 54.9 Å². The van der Waals surface area contributed by atoms with Gasteiger partial charge in [0.05, 0.1) is 11.6 Å². The van der Waals surface area contributed by atoms with Gasteiger partial charge in [-0.25, -0.2) is 0 Å². The first-order valence-electron chi connectivity index (χ1n) is 7.84. The average Bonchev–Trinajstić information content (AvgIpc) is 2.60. The zero-order valence-electron chi connectivity index (χ0n) is 13.8. The molecule has 0 aliphatic carbocycles. The van der Waals surface area contributed by atoms with Gasteiger partial charge in [-0.2, -0.15) is 0 Å². The molecule has 122 valence electrons. The zero-order chi connectivity index (χ0) is 15.8. The van der Waals surface area contributed by atoms with Crippen molar-refractivity contribution in [1.82, 2.24) is 10.6 Å². The fourth-order valence-corrected chi connectivity index (χ4v) is 2.67. The maximum absolute atomic E-state index is 5.74. The summed E-state index contributed by atoms with van der Waals surface area (Å²) in [6, 6.07) is 10.5. The van der Waals surface area contributed by atoms with Gasteiger partial charge >= 0.3 is 0 Å². The highest BCUT2D eigenvalue weighted by molar-refractivity contribution is 5.80. The first-order valence-corrected chi connectivity index (χ1v) is 7.84. The van der Waals surface area contributed by atoms with E-state index in [-0.39, 0.29) is 11.6 Å². The molecule has 1 saturated heterocycles. The van der Waals surface area contributed by atoms with Crippen molar-refractivity contribution in [2.75, 3.05) is 33.9 Å². The monoisotopic (exact) mass is 305 g/mol. The first-order chi connectivity index (χ1) is 10.7. The van der Waals surface area contributed by atoms with E-state index >= 15 is 0 Å². The predicted octanol–water partition coefficient (Wildman–Crippen LogP) is 2.11.